The zero-order valence-corrected chi connectivity index (χ0v) is 29.5. The summed E-state index contributed by atoms with van der Waals surface area (Å²) in [6, 6.07) is 48.4. The van der Waals surface area contributed by atoms with Gasteiger partial charge in [0.15, 0.2) is 0 Å². The molecule has 6 aromatic carbocycles. The van der Waals surface area contributed by atoms with Gasteiger partial charge in [-0.25, -0.2) is 0 Å². The van der Waals surface area contributed by atoms with Crippen molar-refractivity contribution in [1.29, 1.82) is 0 Å². The van der Waals surface area contributed by atoms with Crippen LogP contribution in [0.1, 0.15) is 31.9 Å². The Hall–Kier alpha value is -5.64. The van der Waals surface area contributed by atoms with E-state index in [0.717, 1.165) is 22.4 Å². The molecule has 0 amide bonds. The number of hydrogen-bond donors (Lipinski definition) is 0. The molecule has 2 nitrogen and oxygen atoms in total. The van der Waals surface area contributed by atoms with Gasteiger partial charge in [-0.2, -0.15) is 0 Å². The lowest BCUT2D eigenvalue weighted by atomic mass is 9.76. The maximum absolute atomic E-state index is 4.50. The first kappa shape index (κ1) is 31.6. The molecule has 0 aliphatic carbocycles. The van der Waals surface area contributed by atoms with E-state index >= 15 is 0 Å². The molecule has 3 heteroatoms. The van der Waals surface area contributed by atoms with Gasteiger partial charge >= 0.3 is 0 Å². The molecule has 1 aliphatic rings. The number of fused-ring (bicyclic) bond motifs is 4. The molecule has 1 aliphatic heterocycles. The fourth-order valence-corrected chi connectivity index (χ4v) is 8.74. The van der Waals surface area contributed by atoms with Gasteiger partial charge in [-0.1, -0.05) is 142 Å². The van der Waals surface area contributed by atoms with E-state index in [-0.39, 0.29) is 5.41 Å². The molecule has 0 saturated heterocycles. The van der Waals surface area contributed by atoms with Gasteiger partial charge in [0.25, 0.3) is 0 Å². The lowest BCUT2D eigenvalue weighted by molar-refractivity contribution is 0.621. The summed E-state index contributed by atoms with van der Waals surface area (Å²) in [5.74, 6) is 0. The van der Waals surface area contributed by atoms with Gasteiger partial charge in [0.1, 0.15) is 0 Å². The standard InChI is InChI=1S/C47H38N2S/c1-7-45-30(2)47(4,5)42-18-12-17-39(46(42)50-45)37-24-26-44-41(29-37)40-28-36(33-13-9-8-10-14-33)23-25-43(40)49(44)38-16-11-15-35(27-38)34-21-19-32(20-22-34)31(3)48-6/h7-29H,2-3,6H2,1,4-5H3. The van der Waals surface area contributed by atoms with E-state index in [2.05, 4.69) is 190 Å². The second kappa shape index (κ2) is 12.4. The van der Waals surface area contributed by atoms with E-state index in [4.69, 9.17) is 0 Å². The third-order valence-corrected chi connectivity index (χ3v) is 11.6. The summed E-state index contributed by atoms with van der Waals surface area (Å²) in [5.41, 5.74) is 14.7. The summed E-state index contributed by atoms with van der Waals surface area (Å²) in [7, 11) is 0. The Kier molecular flexibility index (Phi) is 7.81. The summed E-state index contributed by atoms with van der Waals surface area (Å²) < 4.78 is 2.41. The summed E-state index contributed by atoms with van der Waals surface area (Å²) in [6.07, 6.45) is 2.20. The van der Waals surface area contributed by atoms with Crippen molar-refractivity contribution in [2.45, 2.75) is 31.1 Å². The predicted molar refractivity (Wildman–Crippen MR) is 217 cm³/mol. The smallest absolute Gasteiger partial charge is 0.0622 e. The van der Waals surface area contributed by atoms with Crippen LogP contribution in [0.2, 0.25) is 0 Å². The minimum atomic E-state index is -0.148. The fourth-order valence-electron chi connectivity index (χ4n) is 7.29. The van der Waals surface area contributed by atoms with Crippen molar-refractivity contribution >= 4 is 46.0 Å². The molecule has 0 fully saturated rings. The highest BCUT2D eigenvalue weighted by molar-refractivity contribution is 8.03. The van der Waals surface area contributed by atoms with E-state index in [1.165, 1.54) is 65.0 Å². The molecular formula is C47H38N2S. The Morgan fingerprint density at radius 1 is 0.680 bits per heavy atom. The molecule has 0 atom stereocenters. The molecule has 0 N–H and O–H groups in total. The van der Waals surface area contributed by atoms with Crippen LogP contribution in [-0.4, -0.2) is 11.3 Å². The van der Waals surface area contributed by atoms with Crippen LogP contribution in [0.5, 0.6) is 0 Å². The molecule has 0 bridgehead atoms. The van der Waals surface area contributed by atoms with Crippen LogP contribution < -0.4 is 0 Å². The van der Waals surface area contributed by atoms with Gasteiger partial charge in [0.2, 0.25) is 0 Å². The molecule has 50 heavy (non-hydrogen) atoms. The molecule has 242 valence electrons. The summed E-state index contributed by atoms with van der Waals surface area (Å²) in [6.45, 7) is 18.8. The third kappa shape index (κ3) is 5.17. The lowest BCUT2D eigenvalue weighted by Crippen LogP contribution is -2.24. The fraction of sp³-hybridized carbons (Fsp3) is 0.0851. The zero-order chi connectivity index (χ0) is 34.6. The largest absolute Gasteiger partial charge is 0.309 e. The van der Waals surface area contributed by atoms with Gasteiger partial charge in [-0.3, -0.25) is 4.99 Å². The molecule has 1 aromatic heterocycles. The van der Waals surface area contributed by atoms with Gasteiger partial charge in [-0.05, 0) is 100 Å². The van der Waals surface area contributed by atoms with Crippen LogP contribution in [0, 0.1) is 0 Å². The van der Waals surface area contributed by atoms with Crippen molar-refractivity contribution in [2.24, 2.45) is 4.99 Å². The number of hydrogen-bond acceptors (Lipinski definition) is 2. The number of benzene rings is 6. The van der Waals surface area contributed by atoms with Crippen LogP contribution in [0.25, 0.3) is 66.6 Å². The average Bonchev–Trinajstić information content (AvgIpc) is 3.49. The number of thioether (sulfide) groups is 1. The summed E-state index contributed by atoms with van der Waals surface area (Å²) in [5, 5.41) is 2.46. The van der Waals surface area contributed by atoms with Crippen LogP contribution in [0.3, 0.4) is 0 Å². The first-order valence-electron chi connectivity index (χ1n) is 17.0. The van der Waals surface area contributed by atoms with Gasteiger partial charge in [0.05, 0.1) is 16.7 Å². The van der Waals surface area contributed by atoms with Crippen molar-refractivity contribution < 1.29 is 0 Å². The first-order valence-corrected chi connectivity index (χ1v) is 17.8. The minimum absolute atomic E-state index is 0.148. The van der Waals surface area contributed by atoms with Crippen LogP contribution in [-0.2, 0) is 5.41 Å². The molecular weight excluding hydrogens is 625 g/mol. The second-order valence-corrected chi connectivity index (χ2v) is 14.5. The highest BCUT2D eigenvalue weighted by atomic mass is 32.2. The maximum Gasteiger partial charge on any atom is 0.0622 e. The van der Waals surface area contributed by atoms with Crippen molar-refractivity contribution in [3.05, 3.63) is 174 Å². The van der Waals surface area contributed by atoms with Gasteiger partial charge < -0.3 is 4.57 Å². The normalized spacial score (nSPS) is 14.6. The molecule has 7 aromatic rings. The summed E-state index contributed by atoms with van der Waals surface area (Å²) in [4.78, 5) is 6.56. The average molecular weight is 663 g/mol. The molecule has 0 spiro atoms. The Labute approximate surface area is 298 Å². The van der Waals surface area contributed by atoms with Crippen molar-refractivity contribution in [2.75, 3.05) is 0 Å². The topological polar surface area (TPSA) is 17.3 Å². The zero-order valence-electron chi connectivity index (χ0n) is 28.7. The van der Waals surface area contributed by atoms with Gasteiger partial charge in [0, 0.05) is 31.7 Å². The highest BCUT2D eigenvalue weighted by Gasteiger charge is 2.35. The Balaban J connectivity index is 1.33. The Bertz CT molecular complexity index is 2530. The number of aliphatic imine (C=N–C) groups is 1. The van der Waals surface area contributed by atoms with Crippen LogP contribution in [0.15, 0.2) is 173 Å². The monoisotopic (exact) mass is 662 g/mol. The quantitative estimate of drug-likeness (QED) is 0.162. The number of rotatable bonds is 6. The van der Waals surface area contributed by atoms with Crippen LogP contribution in [0.4, 0.5) is 0 Å². The second-order valence-electron chi connectivity index (χ2n) is 13.4. The van der Waals surface area contributed by atoms with E-state index < -0.39 is 0 Å². The van der Waals surface area contributed by atoms with Crippen molar-refractivity contribution in [3.63, 3.8) is 0 Å². The SMILES string of the molecule is C=NC(=C)c1ccc(-c2cccc(-n3c4ccc(-c5ccccc5)cc4c4cc(-c5cccc6c5SC(=CC)C(=C)C6(C)C)ccc43)c2)cc1. The molecule has 2 heterocycles. The van der Waals surface area contributed by atoms with E-state index in [1.54, 1.807) is 0 Å². The predicted octanol–water partition coefficient (Wildman–Crippen LogP) is 13.3. The van der Waals surface area contributed by atoms with E-state index in [9.17, 15) is 0 Å². The van der Waals surface area contributed by atoms with Crippen molar-refractivity contribution in [1.82, 2.24) is 4.57 Å². The van der Waals surface area contributed by atoms with E-state index in [0.29, 0.717) is 5.70 Å². The lowest BCUT2D eigenvalue weighted by Gasteiger charge is -2.37. The third-order valence-electron chi connectivity index (χ3n) is 10.2. The molecule has 0 radical (unpaired) electrons. The minimum Gasteiger partial charge on any atom is -0.309 e. The number of aromatic nitrogens is 1. The van der Waals surface area contributed by atoms with Crippen LogP contribution >= 0.6 is 11.8 Å². The van der Waals surface area contributed by atoms with E-state index in [1.807, 2.05) is 11.8 Å². The van der Waals surface area contributed by atoms with Gasteiger partial charge in [-0.15, -0.1) is 0 Å². The highest BCUT2D eigenvalue weighted by Crippen LogP contribution is 2.53. The first-order chi connectivity index (χ1) is 24.3. The number of nitrogens with zero attached hydrogens (tertiary/aromatic N) is 2. The van der Waals surface area contributed by atoms with Crippen molar-refractivity contribution in [3.8, 4) is 39.1 Å². The maximum atomic E-state index is 4.50. The summed E-state index contributed by atoms with van der Waals surface area (Å²) >= 11 is 1.85. The Morgan fingerprint density at radius 2 is 1.28 bits per heavy atom. The molecule has 0 saturated carbocycles. The molecule has 0 unspecified atom stereocenters. The molecule has 8 rings (SSSR count). The number of allylic oxidation sites excluding steroid dienone is 2. The Morgan fingerprint density at radius 3 is 1.98 bits per heavy atom.